The zero-order chi connectivity index (χ0) is 33.3. The number of hydrogen-bond donors (Lipinski definition) is 0. The second-order valence-corrected chi connectivity index (χ2v) is 8.34. The van der Waals surface area contributed by atoms with Crippen LogP contribution in [0.2, 0.25) is 0 Å². The third-order valence-corrected chi connectivity index (χ3v) is 5.11. The zero-order valence-electron chi connectivity index (χ0n) is 22.3. The monoisotopic (exact) mass is 642 g/mol. The van der Waals surface area contributed by atoms with E-state index in [0.717, 1.165) is 18.2 Å². The highest BCUT2D eigenvalue weighted by molar-refractivity contribution is 5.93. The van der Waals surface area contributed by atoms with Gasteiger partial charge in [-0.1, -0.05) is 18.7 Å². The average Bonchev–Trinajstić information content (AvgIpc) is 2.93. The van der Waals surface area contributed by atoms with Crippen LogP contribution in [0, 0.1) is 17.5 Å². The average molecular weight is 642 g/mol. The summed E-state index contributed by atoms with van der Waals surface area (Å²) in [5.74, 6) is -13.0. The molecule has 0 N–H and O–H groups in total. The lowest BCUT2D eigenvalue weighted by atomic mass is 10.1. The van der Waals surface area contributed by atoms with Crippen LogP contribution in [0.25, 0.3) is 6.08 Å². The molecule has 9 nitrogen and oxygen atoms in total. The molecule has 0 spiro atoms. The Bertz CT molecular complexity index is 1630. The van der Waals surface area contributed by atoms with Gasteiger partial charge in [-0.2, -0.15) is 4.39 Å². The Hall–Kier alpha value is -5.67. The van der Waals surface area contributed by atoms with Gasteiger partial charge in [0.2, 0.25) is 5.83 Å². The van der Waals surface area contributed by atoms with Crippen LogP contribution < -0.4 is 14.2 Å². The summed E-state index contributed by atoms with van der Waals surface area (Å²) in [6, 6.07) is 7.89. The lowest BCUT2D eigenvalue weighted by Gasteiger charge is -2.11. The first kappa shape index (κ1) is 33.8. The minimum absolute atomic E-state index is 0.0465. The molecule has 0 aromatic heterocycles. The van der Waals surface area contributed by atoms with E-state index in [4.69, 9.17) is 9.47 Å². The van der Waals surface area contributed by atoms with Crippen molar-refractivity contribution in [3.8, 4) is 17.2 Å². The number of esters is 4. The van der Waals surface area contributed by atoms with Crippen molar-refractivity contribution in [3.63, 3.8) is 0 Å². The third kappa shape index (κ3) is 10.2. The highest BCUT2D eigenvalue weighted by Crippen LogP contribution is 2.28. The lowest BCUT2D eigenvalue weighted by Crippen LogP contribution is -2.19. The van der Waals surface area contributed by atoms with Gasteiger partial charge in [-0.05, 0) is 35.9 Å². The fourth-order valence-corrected chi connectivity index (χ4v) is 3.20. The van der Waals surface area contributed by atoms with Crippen molar-refractivity contribution in [2.75, 3.05) is 13.2 Å². The van der Waals surface area contributed by atoms with Crippen LogP contribution in [0.15, 0.2) is 73.1 Å². The Morgan fingerprint density at radius 2 is 1.29 bits per heavy atom. The molecular formula is C29H17F7O9. The minimum atomic E-state index is -5.25. The molecule has 0 heterocycles. The third-order valence-electron chi connectivity index (χ3n) is 5.11. The topological polar surface area (TPSA) is 114 Å². The number of rotatable bonds is 11. The molecule has 16 heteroatoms. The molecule has 45 heavy (non-hydrogen) atoms. The van der Waals surface area contributed by atoms with Gasteiger partial charge in [0.1, 0.15) is 53.5 Å². The Kier molecular flexibility index (Phi) is 11.0. The van der Waals surface area contributed by atoms with Crippen LogP contribution in [0.1, 0.15) is 26.3 Å². The van der Waals surface area contributed by atoms with Crippen molar-refractivity contribution < 1.29 is 73.6 Å². The number of carbonyl (C=O) groups is 4. The molecule has 0 radical (unpaired) electrons. The molecule has 0 aliphatic heterocycles. The van der Waals surface area contributed by atoms with E-state index < -0.39 is 82.8 Å². The smallest absolute Gasteiger partial charge is 0.459 e. The van der Waals surface area contributed by atoms with Gasteiger partial charge in [0.05, 0.1) is 5.56 Å². The summed E-state index contributed by atoms with van der Waals surface area (Å²) < 4.78 is 114. The van der Waals surface area contributed by atoms with E-state index in [1.165, 1.54) is 30.3 Å². The van der Waals surface area contributed by atoms with Crippen molar-refractivity contribution in [1.29, 1.82) is 0 Å². The molecule has 3 rings (SSSR count). The van der Waals surface area contributed by atoms with Gasteiger partial charge >= 0.3 is 30.2 Å². The number of carbonyl (C=O) groups excluding carboxylic acids is 4. The molecule has 0 aliphatic rings. The second-order valence-electron chi connectivity index (χ2n) is 8.34. The Labute approximate surface area is 248 Å². The number of ether oxygens (including phenoxy) is 5. The summed E-state index contributed by atoms with van der Waals surface area (Å²) in [4.78, 5) is 47.2. The van der Waals surface area contributed by atoms with Crippen LogP contribution >= 0.6 is 0 Å². The van der Waals surface area contributed by atoms with Crippen molar-refractivity contribution in [1.82, 2.24) is 0 Å². The molecule has 0 atom stereocenters. The summed E-state index contributed by atoms with van der Waals surface area (Å²) in [5, 5.41) is 0. The molecule has 0 bridgehead atoms. The summed E-state index contributed by atoms with van der Waals surface area (Å²) in [5.41, 5.74) is -1.57. The fourth-order valence-electron chi connectivity index (χ4n) is 3.20. The van der Waals surface area contributed by atoms with Crippen LogP contribution in [0.3, 0.4) is 0 Å². The number of hydrogen-bond acceptors (Lipinski definition) is 9. The molecule has 0 fully saturated rings. The predicted octanol–water partition coefficient (Wildman–Crippen LogP) is 6.02. The maximum atomic E-state index is 14.6. The molecule has 0 amide bonds. The van der Waals surface area contributed by atoms with Gasteiger partial charge in [0, 0.05) is 24.3 Å². The number of alkyl halides is 3. The standard InChI is InChI=1S/C29H17F7O9/c1-15(30)26(38)42-11-10-41-24(37)9-4-16-2-5-17(6-3-16)43-27(39)20-8-7-18(12-21(20)31)44-28(40)25-22(32)13-19(14-23(25)33)45-29(34,35)36/h2-9,12-14H,1,10-11H2. The second kappa shape index (κ2) is 14.7. The van der Waals surface area contributed by atoms with Gasteiger partial charge in [0.25, 0.3) is 0 Å². The highest BCUT2D eigenvalue weighted by atomic mass is 19.4. The Morgan fingerprint density at radius 1 is 0.733 bits per heavy atom. The van der Waals surface area contributed by atoms with Crippen LogP contribution in [0.4, 0.5) is 30.7 Å². The van der Waals surface area contributed by atoms with Gasteiger partial charge in [-0.25, -0.2) is 32.3 Å². The van der Waals surface area contributed by atoms with Crippen molar-refractivity contribution in [2.24, 2.45) is 0 Å². The van der Waals surface area contributed by atoms with E-state index in [-0.39, 0.29) is 24.5 Å². The maximum absolute atomic E-state index is 14.6. The minimum Gasteiger partial charge on any atom is -0.459 e. The summed E-state index contributed by atoms with van der Waals surface area (Å²) in [7, 11) is 0. The van der Waals surface area contributed by atoms with E-state index in [1.54, 1.807) is 0 Å². The lowest BCUT2D eigenvalue weighted by molar-refractivity contribution is -0.274. The van der Waals surface area contributed by atoms with E-state index >= 15 is 0 Å². The molecular weight excluding hydrogens is 625 g/mol. The molecule has 0 saturated carbocycles. The van der Waals surface area contributed by atoms with E-state index in [0.29, 0.717) is 11.6 Å². The molecule has 3 aromatic rings. The van der Waals surface area contributed by atoms with E-state index in [9.17, 15) is 49.9 Å². The number of benzene rings is 3. The van der Waals surface area contributed by atoms with Gasteiger partial charge in [0.15, 0.2) is 0 Å². The molecule has 0 aliphatic carbocycles. The van der Waals surface area contributed by atoms with E-state index in [1.807, 2.05) is 0 Å². The quantitative estimate of drug-likeness (QED) is 0.0814. The van der Waals surface area contributed by atoms with Gasteiger partial charge in [-0.15, -0.1) is 13.2 Å². The molecule has 0 saturated heterocycles. The molecule has 0 unspecified atom stereocenters. The van der Waals surface area contributed by atoms with Crippen LogP contribution in [0.5, 0.6) is 17.2 Å². The molecule has 236 valence electrons. The first-order valence-electron chi connectivity index (χ1n) is 12.1. The van der Waals surface area contributed by atoms with Gasteiger partial charge in [-0.3, -0.25) is 0 Å². The summed E-state index contributed by atoms with van der Waals surface area (Å²) in [6.45, 7) is 2.01. The Morgan fingerprint density at radius 3 is 1.87 bits per heavy atom. The van der Waals surface area contributed by atoms with Crippen molar-refractivity contribution >= 4 is 30.0 Å². The Balaban J connectivity index is 1.56. The first-order chi connectivity index (χ1) is 21.1. The predicted molar refractivity (Wildman–Crippen MR) is 137 cm³/mol. The normalized spacial score (nSPS) is 11.1. The van der Waals surface area contributed by atoms with Gasteiger partial charge < -0.3 is 23.7 Å². The fraction of sp³-hybridized carbons (Fsp3) is 0.103. The van der Waals surface area contributed by atoms with Crippen LogP contribution in [-0.2, 0) is 19.1 Å². The summed E-state index contributed by atoms with van der Waals surface area (Å²) >= 11 is 0. The number of halogens is 7. The maximum Gasteiger partial charge on any atom is 0.573 e. The summed E-state index contributed by atoms with van der Waals surface area (Å²) in [6.07, 6.45) is -2.90. The zero-order valence-corrected chi connectivity index (χ0v) is 22.3. The first-order valence-corrected chi connectivity index (χ1v) is 12.1. The highest BCUT2D eigenvalue weighted by Gasteiger charge is 2.32. The van der Waals surface area contributed by atoms with E-state index in [2.05, 4.69) is 20.8 Å². The van der Waals surface area contributed by atoms with Crippen LogP contribution in [-0.4, -0.2) is 43.5 Å². The molecule has 3 aromatic carbocycles. The van der Waals surface area contributed by atoms with Crippen molar-refractivity contribution in [3.05, 3.63) is 107 Å². The largest absolute Gasteiger partial charge is 0.573 e. The SMILES string of the molecule is C=C(F)C(=O)OCCOC(=O)C=Cc1ccc(OC(=O)c2ccc(OC(=O)c3c(F)cc(OC(F)(F)F)cc3F)cc2F)cc1. The van der Waals surface area contributed by atoms with Crippen molar-refractivity contribution in [2.45, 2.75) is 6.36 Å².